The van der Waals surface area contributed by atoms with Gasteiger partial charge in [-0.1, -0.05) is 36.4 Å². The molecule has 1 amide bonds. The average Bonchev–Trinajstić information content (AvgIpc) is 2.97. The Morgan fingerprint density at radius 3 is 2.59 bits per heavy atom. The van der Waals surface area contributed by atoms with Crippen molar-refractivity contribution in [3.8, 4) is 0 Å². The second kappa shape index (κ2) is 7.08. The molecule has 0 bridgehead atoms. The lowest BCUT2D eigenvalue weighted by atomic mass is 10.1. The zero-order chi connectivity index (χ0) is 18.8. The van der Waals surface area contributed by atoms with E-state index in [1.54, 1.807) is 0 Å². The molecule has 27 heavy (non-hydrogen) atoms. The predicted octanol–water partition coefficient (Wildman–Crippen LogP) is 4.38. The number of aryl methyl sites for hydroxylation is 2. The zero-order valence-corrected chi connectivity index (χ0v) is 15.4. The lowest BCUT2D eigenvalue weighted by Gasteiger charge is -2.07. The normalized spacial score (nSPS) is 11.9. The number of hydrogen-bond acceptors (Lipinski definition) is 1. The molecule has 4 heteroatoms. The van der Waals surface area contributed by atoms with Crippen LogP contribution in [-0.4, -0.2) is 15.5 Å². The van der Waals surface area contributed by atoms with Crippen molar-refractivity contribution in [2.24, 2.45) is 4.99 Å². The van der Waals surface area contributed by atoms with Gasteiger partial charge in [-0.25, -0.2) is 0 Å². The maximum Gasteiger partial charge on any atom is 0.278 e. The first kappa shape index (κ1) is 17.0. The lowest BCUT2D eigenvalue weighted by molar-refractivity contribution is 0.0997. The maximum atomic E-state index is 12.8. The van der Waals surface area contributed by atoms with Crippen LogP contribution in [0.15, 0.2) is 77.9 Å². The van der Waals surface area contributed by atoms with E-state index in [-0.39, 0.29) is 5.91 Å². The number of nitrogens with one attached hydrogen (secondary N) is 1. The molecule has 0 unspecified atom stereocenters. The number of nitrogens with zero attached hydrogens (tertiary/aromatic N) is 2. The van der Waals surface area contributed by atoms with Crippen LogP contribution in [-0.2, 0) is 6.54 Å². The zero-order valence-electron chi connectivity index (χ0n) is 15.4. The molecule has 0 atom stereocenters. The van der Waals surface area contributed by atoms with E-state index in [1.165, 1.54) is 5.56 Å². The Balaban J connectivity index is 1.71. The summed E-state index contributed by atoms with van der Waals surface area (Å²) in [6.45, 7) is 4.77. The minimum Gasteiger partial charge on any atom is -0.358 e. The molecule has 0 aliphatic rings. The van der Waals surface area contributed by atoms with Gasteiger partial charge in [0, 0.05) is 34.9 Å². The molecule has 0 radical (unpaired) electrons. The van der Waals surface area contributed by atoms with E-state index in [0.717, 1.165) is 22.2 Å². The van der Waals surface area contributed by atoms with Gasteiger partial charge in [0.25, 0.3) is 5.91 Å². The summed E-state index contributed by atoms with van der Waals surface area (Å²) in [4.78, 5) is 20.5. The molecular weight excluding hydrogens is 334 g/mol. The number of amides is 1. The van der Waals surface area contributed by atoms with Crippen LogP contribution in [0.3, 0.4) is 0 Å². The van der Waals surface area contributed by atoms with Crippen molar-refractivity contribution < 1.29 is 4.79 Å². The molecule has 0 saturated carbocycles. The Morgan fingerprint density at radius 1 is 1.00 bits per heavy atom. The lowest BCUT2D eigenvalue weighted by Crippen LogP contribution is -2.22. The van der Waals surface area contributed by atoms with Gasteiger partial charge in [0.2, 0.25) is 0 Å². The van der Waals surface area contributed by atoms with Gasteiger partial charge in [0.1, 0.15) is 5.49 Å². The molecule has 4 nitrogen and oxygen atoms in total. The van der Waals surface area contributed by atoms with Gasteiger partial charge in [-0.05, 0) is 55.3 Å². The molecule has 134 valence electrons. The third-order valence-electron chi connectivity index (χ3n) is 4.88. The summed E-state index contributed by atoms with van der Waals surface area (Å²) in [5.74, 6) is -0.233. The van der Waals surface area contributed by atoms with Crippen LogP contribution in [0.5, 0.6) is 0 Å². The Hall–Kier alpha value is -3.40. The topological polar surface area (TPSA) is 50.1 Å². The Morgan fingerprint density at radius 2 is 1.78 bits per heavy atom. The fourth-order valence-electron chi connectivity index (χ4n) is 3.25. The molecule has 0 aliphatic heterocycles. The van der Waals surface area contributed by atoms with Crippen LogP contribution in [0.25, 0.3) is 10.9 Å². The maximum absolute atomic E-state index is 12.8. The summed E-state index contributed by atoms with van der Waals surface area (Å²) in [5.41, 5.74) is 5.74. The van der Waals surface area contributed by atoms with Crippen molar-refractivity contribution in [2.75, 3.05) is 0 Å². The molecule has 1 N–H and O–H groups in total. The second-order valence-corrected chi connectivity index (χ2v) is 6.72. The number of H-pyrrole nitrogens is 1. The first-order valence-corrected chi connectivity index (χ1v) is 8.99. The van der Waals surface area contributed by atoms with Crippen molar-refractivity contribution in [3.63, 3.8) is 0 Å². The number of benzene rings is 2. The van der Waals surface area contributed by atoms with Crippen LogP contribution >= 0.6 is 0 Å². The van der Waals surface area contributed by atoms with Crippen molar-refractivity contribution in [2.45, 2.75) is 20.4 Å². The van der Waals surface area contributed by atoms with E-state index in [9.17, 15) is 4.79 Å². The van der Waals surface area contributed by atoms with Crippen LogP contribution in [0.1, 0.15) is 27.2 Å². The standard InChI is InChI=1S/C23H21N3O/c1-16-17(2)24-21-12-11-19(14-20(16)21)23(27)25-22-10-6-7-13-26(22)15-18-8-4-3-5-9-18/h3-14,24H,15H2,1-2H3. The number of rotatable bonds is 3. The van der Waals surface area contributed by atoms with Crippen molar-refractivity contribution >= 4 is 16.8 Å². The quantitative estimate of drug-likeness (QED) is 0.583. The Bertz CT molecular complexity index is 1180. The monoisotopic (exact) mass is 355 g/mol. The molecule has 0 saturated heterocycles. The fourth-order valence-corrected chi connectivity index (χ4v) is 3.25. The Kier molecular flexibility index (Phi) is 4.47. The molecule has 2 aromatic carbocycles. The van der Waals surface area contributed by atoms with Gasteiger partial charge < -0.3 is 9.55 Å². The van der Waals surface area contributed by atoms with Crippen LogP contribution in [0.2, 0.25) is 0 Å². The van der Waals surface area contributed by atoms with Crippen LogP contribution in [0.4, 0.5) is 0 Å². The summed E-state index contributed by atoms with van der Waals surface area (Å²) in [6, 6.07) is 21.6. The first-order valence-electron chi connectivity index (χ1n) is 8.99. The smallest absolute Gasteiger partial charge is 0.278 e. The van der Waals surface area contributed by atoms with Crippen molar-refractivity contribution in [1.29, 1.82) is 0 Å². The molecule has 0 fully saturated rings. The number of pyridine rings is 1. The number of fused-ring (bicyclic) bond motifs is 1. The van der Waals surface area contributed by atoms with Gasteiger partial charge in [-0.15, -0.1) is 0 Å². The Labute approximate surface area is 157 Å². The van der Waals surface area contributed by atoms with Gasteiger partial charge in [-0.3, -0.25) is 4.79 Å². The number of carbonyl (C=O) groups excluding carboxylic acids is 1. The molecule has 4 aromatic rings. The summed E-state index contributed by atoms with van der Waals surface area (Å²) in [5, 5.41) is 1.07. The number of hydrogen-bond donors (Lipinski definition) is 1. The van der Waals surface area contributed by atoms with Crippen LogP contribution < -0.4 is 5.49 Å². The molecule has 2 aromatic heterocycles. The van der Waals surface area contributed by atoms with E-state index in [1.807, 2.05) is 72.3 Å². The van der Waals surface area contributed by atoms with E-state index in [0.29, 0.717) is 17.6 Å². The summed E-state index contributed by atoms with van der Waals surface area (Å²) in [6.07, 6.45) is 1.95. The highest BCUT2D eigenvalue weighted by Gasteiger charge is 2.09. The summed E-state index contributed by atoms with van der Waals surface area (Å²) in [7, 11) is 0. The summed E-state index contributed by atoms with van der Waals surface area (Å²) < 4.78 is 1.98. The van der Waals surface area contributed by atoms with E-state index < -0.39 is 0 Å². The second-order valence-electron chi connectivity index (χ2n) is 6.72. The third-order valence-corrected chi connectivity index (χ3v) is 4.88. The van der Waals surface area contributed by atoms with E-state index in [2.05, 4.69) is 29.0 Å². The third kappa shape index (κ3) is 3.47. The minimum atomic E-state index is -0.233. The minimum absolute atomic E-state index is 0.233. The van der Waals surface area contributed by atoms with Crippen molar-refractivity contribution in [3.05, 3.63) is 101 Å². The highest BCUT2D eigenvalue weighted by Crippen LogP contribution is 2.22. The number of aromatic nitrogens is 2. The molecule has 0 aliphatic carbocycles. The van der Waals surface area contributed by atoms with E-state index >= 15 is 0 Å². The predicted molar refractivity (Wildman–Crippen MR) is 108 cm³/mol. The molecule has 4 rings (SSSR count). The van der Waals surface area contributed by atoms with Gasteiger partial charge in [0.15, 0.2) is 0 Å². The van der Waals surface area contributed by atoms with Gasteiger partial charge >= 0.3 is 0 Å². The summed E-state index contributed by atoms with van der Waals surface area (Å²) >= 11 is 0. The average molecular weight is 355 g/mol. The highest BCUT2D eigenvalue weighted by atomic mass is 16.1. The SMILES string of the molecule is Cc1[nH]c2ccc(C(=O)N=c3ccccn3Cc3ccccc3)cc2c1C. The highest BCUT2D eigenvalue weighted by molar-refractivity contribution is 5.99. The molecular formula is C23H21N3O. The first-order chi connectivity index (χ1) is 13.1. The number of aromatic amines is 1. The largest absolute Gasteiger partial charge is 0.358 e. The van der Waals surface area contributed by atoms with E-state index in [4.69, 9.17) is 0 Å². The van der Waals surface area contributed by atoms with Crippen molar-refractivity contribution in [1.82, 2.24) is 9.55 Å². The molecule has 0 spiro atoms. The molecule has 2 heterocycles. The van der Waals surface area contributed by atoms with Gasteiger partial charge in [-0.2, -0.15) is 4.99 Å². The number of carbonyl (C=O) groups is 1. The van der Waals surface area contributed by atoms with Crippen LogP contribution in [0, 0.1) is 13.8 Å². The fraction of sp³-hybridized carbons (Fsp3) is 0.130. The van der Waals surface area contributed by atoms with Gasteiger partial charge in [0.05, 0.1) is 0 Å².